The van der Waals surface area contributed by atoms with Gasteiger partial charge in [0.1, 0.15) is 22.2 Å². The van der Waals surface area contributed by atoms with Crippen molar-refractivity contribution in [2.24, 2.45) is 0 Å². The number of amides is 2. The van der Waals surface area contributed by atoms with Crippen LogP contribution in [0.15, 0.2) is 40.6 Å². The number of nitrogens with one attached hydrogen (secondary N) is 1. The van der Waals surface area contributed by atoms with Gasteiger partial charge in [-0.15, -0.1) is 11.3 Å². The third-order valence-electron chi connectivity index (χ3n) is 3.50. The van der Waals surface area contributed by atoms with Gasteiger partial charge in [0.2, 0.25) is 5.91 Å². The topological polar surface area (TPSA) is 107 Å². The smallest absolute Gasteiger partial charge is 0.339 e. The number of anilines is 1. The minimum Gasteiger partial charge on any atom is -0.507 e. The molecule has 0 bridgehead atoms. The molecule has 27 heavy (non-hydrogen) atoms. The Hall–Kier alpha value is -2.69. The number of carbonyl (C=O) groups is 3. The van der Waals surface area contributed by atoms with Crippen molar-refractivity contribution in [3.63, 3.8) is 0 Å². The van der Waals surface area contributed by atoms with Crippen LogP contribution in [0.25, 0.3) is 6.08 Å². The van der Waals surface area contributed by atoms with E-state index in [1.54, 1.807) is 6.08 Å². The van der Waals surface area contributed by atoms with Gasteiger partial charge in [0.15, 0.2) is 0 Å². The first kappa shape index (κ1) is 19.1. The maximum atomic E-state index is 12.5. The number of thiocarbonyl (C=S) groups is 1. The van der Waals surface area contributed by atoms with Crippen LogP contribution in [0.3, 0.4) is 0 Å². The van der Waals surface area contributed by atoms with Gasteiger partial charge in [0, 0.05) is 10.6 Å². The molecule has 3 rings (SSSR count). The highest BCUT2D eigenvalue weighted by Gasteiger charge is 2.33. The number of nitrogens with zero attached hydrogens (tertiary/aromatic N) is 1. The van der Waals surface area contributed by atoms with Gasteiger partial charge in [-0.2, -0.15) is 0 Å². The molecule has 0 radical (unpaired) electrons. The maximum absolute atomic E-state index is 12.5. The van der Waals surface area contributed by atoms with E-state index in [0.717, 1.165) is 22.7 Å². The van der Waals surface area contributed by atoms with E-state index in [0.29, 0.717) is 4.91 Å². The Morgan fingerprint density at radius 3 is 2.74 bits per heavy atom. The van der Waals surface area contributed by atoms with Gasteiger partial charge in [0.25, 0.3) is 5.91 Å². The quantitative estimate of drug-likeness (QED) is 0.388. The van der Waals surface area contributed by atoms with E-state index in [4.69, 9.17) is 17.3 Å². The summed E-state index contributed by atoms with van der Waals surface area (Å²) in [6.45, 7) is -0.296. The Balaban J connectivity index is 1.69. The Kier molecular flexibility index (Phi) is 5.59. The SMILES string of the molecule is O=C(CN1C(=O)/C(=C/c2cccs2)SC1=S)Nc1ccc(O)c(C(=O)O)c1. The van der Waals surface area contributed by atoms with Crippen LogP contribution in [0.1, 0.15) is 15.2 Å². The van der Waals surface area contributed by atoms with E-state index in [-0.39, 0.29) is 28.0 Å². The molecule has 1 aliphatic rings. The lowest BCUT2D eigenvalue weighted by Gasteiger charge is -2.14. The molecule has 0 aliphatic carbocycles. The number of hydrogen-bond acceptors (Lipinski definition) is 7. The predicted molar refractivity (Wildman–Crippen MR) is 108 cm³/mol. The van der Waals surface area contributed by atoms with Crippen LogP contribution >= 0.6 is 35.3 Å². The summed E-state index contributed by atoms with van der Waals surface area (Å²) in [5.74, 6) is -2.62. The Morgan fingerprint density at radius 1 is 1.30 bits per heavy atom. The van der Waals surface area contributed by atoms with Crippen LogP contribution in [0, 0.1) is 0 Å². The standard InChI is InChI=1S/C17H12N2O5S3/c20-12-4-3-9(6-11(12)16(23)24)18-14(21)8-19-15(22)13(27-17(19)25)7-10-2-1-5-26-10/h1-7,20H,8H2,(H,18,21)(H,23,24)/b13-7-. The minimum atomic E-state index is -1.32. The first-order valence-corrected chi connectivity index (χ1v) is 9.60. The van der Waals surface area contributed by atoms with Crippen LogP contribution in [-0.4, -0.2) is 43.8 Å². The summed E-state index contributed by atoms with van der Waals surface area (Å²) in [7, 11) is 0. The van der Waals surface area contributed by atoms with E-state index in [2.05, 4.69) is 5.32 Å². The highest BCUT2D eigenvalue weighted by molar-refractivity contribution is 8.26. The number of aromatic hydroxyl groups is 1. The van der Waals surface area contributed by atoms with Gasteiger partial charge >= 0.3 is 5.97 Å². The number of carboxylic acids is 1. The highest BCUT2D eigenvalue weighted by Crippen LogP contribution is 2.33. The fourth-order valence-corrected chi connectivity index (χ4v) is 4.25. The van der Waals surface area contributed by atoms with E-state index in [1.165, 1.54) is 28.4 Å². The average molecular weight is 420 g/mol. The zero-order valence-corrected chi connectivity index (χ0v) is 16.0. The molecule has 10 heteroatoms. The van der Waals surface area contributed by atoms with E-state index < -0.39 is 17.6 Å². The molecule has 0 spiro atoms. The van der Waals surface area contributed by atoms with Crippen LogP contribution in [0.4, 0.5) is 5.69 Å². The summed E-state index contributed by atoms with van der Waals surface area (Å²) in [5, 5.41) is 22.9. The number of hydrogen-bond donors (Lipinski definition) is 3. The molecule has 1 aromatic heterocycles. The fourth-order valence-electron chi connectivity index (χ4n) is 2.27. The molecular weight excluding hydrogens is 408 g/mol. The summed E-state index contributed by atoms with van der Waals surface area (Å²) in [4.78, 5) is 38.3. The number of carbonyl (C=O) groups excluding carboxylic acids is 2. The maximum Gasteiger partial charge on any atom is 0.339 e. The number of aromatic carboxylic acids is 1. The zero-order chi connectivity index (χ0) is 19.6. The van der Waals surface area contributed by atoms with Crippen molar-refractivity contribution < 1.29 is 24.6 Å². The van der Waals surface area contributed by atoms with Crippen molar-refractivity contribution in [1.29, 1.82) is 0 Å². The lowest BCUT2D eigenvalue weighted by molar-refractivity contribution is -0.126. The van der Waals surface area contributed by atoms with Crippen molar-refractivity contribution in [3.8, 4) is 5.75 Å². The van der Waals surface area contributed by atoms with Crippen molar-refractivity contribution >= 4 is 69.2 Å². The van der Waals surface area contributed by atoms with Crippen LogP contribution in [0.5, 0.6) is 5.75 Å². The van der Waals surface area contributed by atoms with E-state index in [1.807, 2.05) is 17.5 Å². The monoisotopic (exact) mass is 420 g/mol. The van der Waals surface area contributed by atoms with Crippen molar-refractivity contribution in [2.45, 2.75) is 0 Å². The lowest BCUT2D eigenvalue weighted by atomic mass is 10.2. The second-order valence-corrected chi connectivity index (χ2v) is 8.02. The second kappa shape index (κ2) is 7.91. The Labute approximate surface area is 167 Å². The molecule has 2 aromatic rings. The molecule has 1 fully saturated rings. The van der Waals surface area contributed by atoms with Gasteiger partial charge in [-0.05, 0) is 35.7 Å². The molecule has 2 heterocycles. The molecule has 3 N–H and O–H groups in total. The molecule has 2 amide bonds. The van der Waals surface area contributed by atoms with Crippen molar-refractivity contribution in [2.75, 3.05) is 11.9 Å². The molecular formula is C17H12N2O5S3. The molecule has 7 nitrogen and oxygen atoms in total. The van der Waals surface area contributed by atoms with Crippen molar-refractivity contribution in [3.05, 3.63) is 51.1 Å². The van der Waals surface area contributed by atoms with Gasteiger partial charge in [0.05, 0.1) is 4.91 Å². The first-order chi connectivity index (χ1) is 12.8. The van der Waals surface area contributed by atoms with Crippen molar-refractivity contribution in [1.82, 2.24) is 4.90 Å². The molecule has 1 aromatic carbocycles. The Bertz CT molecular complexity index is 969. The van der Waals surface area contributed by atoms with E-state index >= 15 is 0 Å². The minimum absolute atomic E-state index is 0.190. The number of benzene rings is 1. The number of rotatable bonds is 5. The summed E-state index contributed by atoms with van der Waals surface area (Å²) in [6.07, 6.45) is 1.72. The lowest BCUT2D eigenvalue weighted by Crippen LogP contribution is -2.36. The first-order valence-electron chi connectivity index (χ1n) is 7.50. The number of thiophene rings is 1. The molecule has 1 aliphatic heterocycles. The molecule has 0 atom stereocenters. The van der Waals surface area contributed by atoms with Crippen LogP contribution < -0.4 is 5.32 Å². The third kappa shape index (κ3) is 4.35. The van der Waals surface area contributed by atoms with E-state index in [9.17, 15) is 19.5 Å². The Morgan fingerprint density at radius 2 is 2.07 bits per heavy atom. The van der Waals surface area contributed by atoms with Gasteiger partial charge < -0.3 is 15.5 Å². The normalized spacial score (nSPS) is 15.4. The number of thioether (sulfide) groups is 1. The number of phenols is 1. The van der Waals surface area contributed by atoms with Crippen LogP contribution in [-0.2, 0) is 9.59 Å². The van der Waals surface area contributed by atoms with Gasteiger partial charge in [-0.1, -0.05) is 30.0 Å². The largest absolute Gasteiger partial charge is 0.507 e. The van der Waals surface area contributed by atoms with Crippen LogP contribution in [0.2, 0.25) is 0 Å². The number of carboxylic acid groups (broad SMARTS) is 1. The molecule has 0 unspecified atom stereocenters. The van der Waals surface area contributed by atoms with Gasteiger partial charge in [-0.25, -0.2) is 4.79 Å². The zero-order valence-electron chi connectivity index (χ0n) is 13.5. The second-order valence-electron chi connectivity index (χ2n) is 5.37. The summed E-state index contributed by atoms with van der Waals surface area (Å²) in [6, 6.07) is 7.40. The molecule has 0 saturated carbocycles. The average Bonchev–Trinajstić information content (AvgIpc) is 3.21. The highest BCUT2D eigenvalue weighted by atomic mass is 32.2. The molecule has 1 saturated heterocycles. The predicted octanol–water partition coefficient (Wildman–Crippen LogP) is 2.99. The van der Waals surface area contributed by atoms with Gasteiger partial charge in [-0.3, -0.25) is 14.5 Å². The third-order valence-corrected chi connectivity index (χ3v) is 5.70. The fraction of sp³-hybridized carbons (Fsp3) is 0.0588. The summed E-state index contributed by atoms with van der Waals surface area (Å²) < 4.78 is 0.273. The summed E-state index contributed by atoms with van der Waals surface area (Å²) in [5.41, 5.74) is -0.146. The summed E-state index contributed by atoms with van der Waals surface area (Å²) >= 11 is 7.79. The molecule has 138 valence electrons.